The molecule has 25 heavy (non-hydrogen) atoms. The summed E-state index contributed by atoms with van der Waals surface area (Å²) < 4.78 is 7.13. The average molecular weight is 337 g/mol. The maximum Gasteiger partial charge on any atom is 0.230 e. The Labute approximate surface area is 147 Å². The quantitative estimate of drug-likeness (QED) is 0.668. The molecule has 0 bridgehead atoms. The number of hydrogen-bond donors (Lipinski definition) is 0. The molecule has 0 N–H and O–H groups in total. The first-order valence-corrected chi connectivity index (χ1v) is 8.17. The van der Waals surface area contributed by atoms with Gasteiger partial charge in [-0.15, -0.1) is 6.58 Å². The highest BCUT2D eigenvalue weighted by Crippen LogP contribution is 2.33. The van der Waals surface area contributed by atoms with Crippen LogP contribution >= 0.6 is 0 Å². The van der Waals surface area contributed by atoms with Crippen LogP contribution in [0.2, 0.25) is 0 Å². The van der Waals surface area contributed by atoms with Crippen molar-refractivity contribution in [2.45, 2.75) is 20.8 Å². The molecule has 130 valence electrons. The van der Waals surface area contributed by atoms with Gasteiger partial charge in [0.05, 0.1) is 12.8 Å². The Kier molecular flexibility index (Phi) is 4.44. The summed E-state index contributed by atoms with van der Waals surface area (Å²) in [6.45, 7) is 10.5. The van der Waals surface area contributed by atoms with Crippen molar-refractivity contribution in [1.29, 1.82) is 0 Å². The number of methoxy groups -OCH3 is 1. The lowest BCUT2D eigenvalue weighted by molar-refractivity contribution is 0.414. The van der Waals surface area contributed by atoms with E-state index in [1.165, 1.54) is 0 Å². The highest BCUT2D eigenvalue weighted by Gasteiger charge is 2.19. The van der Waals surface area contributed by atoms with Crippen LogP contribution in [0.25, 0.3) is 16.8 Å². The van der Waals surface area contributed by atoms with Crippen LogP contribution in [0.5, 0.6) is 5.75 Å². The topological polar surface area (TPSA) is 55.5 Å². The van der Waals surface area contributed by atoms with Crippen molar-refractivity contribution >= 4 is 11.6 Å². The second kappa shape index (κ2) is 6.55. The van der Waals surface area contributed by atoms with E-state index in [2.05, 4.69) is 29.5 Å². The van der Waals surface area contributed by atoms with Gasteiger partial charge in [-0.25, -0.2) is 4.98 Å². The van der Waals surface area contributed by atoms with Gasteiger partial charge in [-0.2, -0.15) is 14.6 Å². The molecule has 0 saturated carbocycles. The molecule has 0 unspecified atom stereocenters. The molecule has 0 atom stereocenters. The van der Waals surface area contributed by atoms with E-state index in [1.807, 2.05) is 48.5 Å². The molecule has 0 spiro atoms. The molecule has 3 rings (SSSR count). The van der Waals surface area contributed by atoms with Crippen LogP contribution in [0.3, 0.4) is 0 Å². The number of fused-ring (bicyclic) bond motifs is 1. The number of benzene rings is 1. The summed E-state index contributed by atoms with van der Waals surface area (Å²) in [5.41, 5.74) is 4.97. The number of nitrogens with zero attached hydrogens (tertiary/aromatic N) is 5. The van der Waals surface area contributed by atoms with Crippen LogP contribution in [-0.2, 0) is 0 Å². The summed E-state index contributed by atoms with van der Waals surface area (Å²) in [5.74, 6) is 2.31. The van der Waals surface area contributed by atoms with Gasteiger partial charge in [-0.1, -0.05) is 12.1 Å². The molecule has 0 amide bonds. The monoisotopic (exact) mass is 337 g/mol. The molecule has 1 aromatic carbocycles. The summed E-state index contributed by atoms with van der Waals surface area (Å²) in [5, 5.41) is 4.70. The number of ether oxygens (including phenoxy) is 1. The molecule has 0 radical (unpaired) electrons. The molecule has 0 aliphatic rings. The van der Waals surface area contributed by atoms with Gasteiger partial charge >= 0.3 is 0 Å². The normalized spacial score (nSPS) is 10.9. The Hall–Kier alpha value is -2.89. The van der Waals surface area contributed by atoms with Crippen molar-refractivity contribution in [2.24, 2.45) is 0 Å². The number of anilines is 1. The molecule has 0 saturated heterocycles. The van der Waals surface area contributed by atoms with Crippen LogP contribution in [0.15, 0.2) is 30.9 Å². The van der Waals surface area contributed by atoms with E-state index < -0.39 is 0 Å². The smallest absolute Gasteiger partial charge is 0.230 e. The van der Waals surface area contributed by atoms with Crippen molar-refractivity contribution in [3.05, 3.63) is 47.9 Å². The van der Waals surface area contributed by atoms with E-state index in [0.29, 0.717) is 12.4 Å². The minimum Gasteiger partial charge on any atom is -0.497 e. The molecule has 3 aromatic rings. The van der Waals surface area contributed by atoms with E-state index in [1.54, 1.807) is 7.11 Å². The molecule has 6 nitrogen and oxygen atoms in total. The summed E-state index contributed by atoms with van der Waals surface area (Å²) in [4.78, 5) is 11.2. The van der Waals surface area contributed by atoms with Gasteiger partial charge in [0.1, 0.15) is 11.6 Å². The minimum atomic E-state index is 0.682. The third-order valence-corrected chi connectivity index (χ3v) is 4.20. The Morgan fingerprint density at radius 3 is 2.64 bits per heavy atom. The van der Waals surface area contributed by atoms with Gasteiger partial charge in [-0.05, 0) is 44.0 Å². The standard InChI is InChI=1S/C19H23N5O/c1-7-10-23(5)19-21-14(4)20-18-17(13(3)22-24(18)19)16-9-8-15(25-6)11-12(16)2/h7-9,11H,1,10H2,2-6H3. The number of rotatable bonds is 5. The van der Waals surface area contributed by atoms with Crippen molar-refractivity contribution in [2.75, 3.05) is 25.6 Å². The van der Waals surface area contributed by atoms with Crippen LogP contribution in [0.1, 0.15) is 17.1 Å². The summed E-state index contributed by atoms with van der Waals surface area (Å²) in [6.07, 6.45) is 1.84. The van der Waals surface area contributed by atoms with Crippen molar-refractivity contribution in [1.82, 2.24) is 19.6 Å². The number of hydrogen-bond acceptors (Lipinski definition) is 5. The van der Waals surface area contributed by atoms with Gasteiger partial charge in [0.2, 0.25) is 5.95 Å². The predicted octanol–water partition coefficient (Wildman–Crippen LogP) is 3.35. The third-order valence-electron chi connectivity index (χ3n) is 4.20. The van der Waals surface area contributed by atoms with Crippen LogP contribution < -0.4 is 9.64 Å². The fourth-order valence-electron chi connectivity index (χ4n) is 3.01. The van der Waals surface area contributed by atoms with Gasteiger partial charge < -0.3 is 9.64 Å². The van der Waals surface area contributed by atoms with E-state index in [-0.39, 0.29) is 0 Å². The molecular formula is C19H23N5O. The summed E-state index contributed by atoms with van der Waals surface area (Å²) in [6, 6.07) is 6.05. The van der Waals surface area contributed by atoms with E-state index in [4.69, 9.17) is 9.84 Å². The van der Waals surface area contributed by atoms with Gasteiger partial charge in [0.25, 0.3) is 0 Å². The Bertz CT molecular complexity index is 945. The van der Waals surface area contributed by atoms with Gasteiger partial charge in [-0.3, -0.25) is 0 Å². The Balaban J connectivity index is 2.27. The fourth-order valence-corrected chi connectivity index (χ4v) is 3.01. The minimum absolute atomic E-state index is 0.682. The van der Waals surface area contributed by atoms with Crippen LogP contribution in [0.4, 0.5) is 5.95 Å². The fraction of sp³-hybridized carbons (Fsp3) is 0.316. The number of likely N-dealkylation sites (N-methyl/N-ethyl adjacent to an activating group) is 1. The van der Waals surface area contributed by atoms with E-state index in [0.717, 1.165) is 39.7 Å². The average Bonchev–Trinajstić information content (AvgIpc) is 2.90. The molecule has 6 heteroatoms. The summed E-state index contributed by atoms with van der Waals surface area (Å²) >= 11 is 0. The predicted molar refractivity (Wildman–Crippen MR) is 100 cm³/mol. The Morgan fingerprint density at radius 2 is 2.00 bits per heavy atom. The lowest BCUT2D eigenvalue weighted by Crippen LogP contribution is -2.22. The lowest BCUT2D eigenvalue weighted by atomic mass is 10.0. The molecule has 2 aromatic heterocycles. The van der Waals surface area contributed by atoms with E-state index in [9.17, 15) is 0 Å². The highest BCUT2D eigenvalue weighted by molar-refractivity contribution is 5.82. The molecule has 0 aliphatic carbocycles. The van der Waals surface area contributed by atoms with Crippen molar-refractivity contribution in [3.63, 3.8) is 0 Å². The number of aromatic nitrogens is 4. The highest BCUT2D eigenvalue weighted by atomic mass is 16.5. The second-order valence-corrected chi connectivity index (χ2v) is 6.12. The van der Waals surface area contributed by atoms with Crippen molar-refractivity contribution in [3.8, 4) is 16.9 Å². The molecule has 0 fully saturated rings. The lowest BCUT2D eigenvalue weighted by Gasteiger charge is -2.17. The maximum absolute atomic E-state index is 5.32. The molecular weight excluding hydrogens is 314 g/mol. The summed E-state index contributed by atoms with van der Waals surface area (Å²) in [7, 11) is 3.64. The van der Waals surface area contributed by atoms with Gasteiger partial charge in [0.15, 0.2) is 5.65 Å². The maximum atomic E-state index is 5.32. The third kappa shape index (κ3) is 2.95. The first kappa shape index (κ1) is 17.0. The zero-order valence-electron chi connectivity index (χ0n) is 15.4. The van der Waals surface area contributed by atoms with Crippen molar-refractivity contribution < 1.29 is 4.74 Å². The first-order valence-electron chi connectivity index (χ1n) is 8.17. The van der Waals surface area contributed by atoms with Gasteiger partial charge in [0, 0.05) is 19.2 Å². The second-order valence-electron chi connectivity index (χ2n) is 6.12. The zero-order chi connectivity index (χ0) is 18.1. The molecule has 2 heterocycles. The number of aryl methyl sites for hydroxylation is 3. The first-order chi connectivity index (χ1) is 12.0. The van der Waals surface area contributed by atoms with Crippen LogP contribution in [0, 0.1) is 20.8 Å². The van der Waals surface area contributed by atoms with Crippen LogP contribution in [-0.4, -0.2) is 40.3 Å². The zero-order valence-corrected chi connectivity index (χ0v) is 15.4. The SMILES string of the molecule is C=CCN(C)c1nc(C)nc2c(-c3ccc(OC)cc3C)c(C)nn12. The largest absolute Gasteiger partial charge is 0.497 e. The molecule has 0 aliphatic heterocycles. The van der Waals surface area contributed by atoms with E-state index >= 15 is 0 Å². The Morgan fingerprint density at radius 1 is 1.24 bits per heavy atom.